The number of benzene rings is 2. The summed E-state index contributed by atoms with van der Waals surface area (Å²) < 4.78 is 6.46. The standard InChI is InChI=1S/C43H44N8O5/c1-25-19-29(9-10-30(25)31-5-3-6-32-33(31)24-51(43(32)55)37-11-13-40(52)48-42(37)54)56-28-14-17-50(18-15-28)39-12-8-26(22-45-39)41(53)47-38-21-34-27(23-44-38)20-35(46-34)36-7-4-16-49(36)2/h3,5-6,8-10,12,19-23,28,36-37,46H,4,7,11,13-18,24H2,1-2H3,(H,44,47,53)(H,48,52,54)/t36-,37?/m1/s1. The Bertz CT molecular complexity index is 2370. The van der Waals surface area contributed by atoms with E-state index in [1.807, 2.05) is 49.4 Å². The van der Waals surface area contributed by atoms with Crippen LogP contribution < -0.4 is 20.3 Å². The van der Waals surface area contributed by atoms with Gasteiger partial charge >= 0.3 is 0 Å². The zero-order chi connectivity index (χ0) is 38.5. The van der Waals surface area contributed by atoms with Crippen molar-refractivity contribution in [1.82, 2.24) is 30.1 Å². The minimum atomic E-state index is -0.655. The van der Waals surface area contributed by atoms with Crippen molar-refractivity contribution < 1.29 is 23.9 Å². The van der Waals surface area contributed by atoms with Gasteiger partial charge in [0.25, 0.3) is 11.8 Å². The highest BCUT2D eigenvalue weighted by Crippen LogP contribution is 2.38. The van der Waals surface area contributed by atoms with Crippen molar-refractivity contribution in [3.05, 3.63) is 101 Å². The maximum absolute atomic E-state index is 13.4. The van der Waals surface area contributed by atoms with Crippen molar-refractivity contribution in [2.24, 2.45) is 0 Å². The van der Waals surface area contributed by atoms with Crippen LogP contribution in [-0.2, 0) is 16.1 Å². The average Bonchev–Trinajstić information content (AvgIpc) is 3.91. The summed E-state index contributed by atoms with van der Waals surface area (Å²) in [6.07, 6.45) is 7.97. The number of carbonyl (C=O) groups excluding carboxylic acids is 4. The minimum absolute atomic E-state index is 0.0434. The fraction of sp³-hybridized carbons (Fsp3) is 0.349. The van der Waals surface area contributed by atoms with Crippen LogP contribution in [0.4, 0.5) is 11.6 Å². The molecule has 0 spiro atoms. The first kappa shape index (κ1) is 35.6. The Kier molecular flexibility index (Phi) is 9.24. The number of nitrogens with one attached hydrogen (secondary N) is 3. The summed E-state index contributed by atoms with van der Waals surface area (Å²) in [6.45, 7) is 4.99. The third-order valence-electron chi connectivity index (χ3n) is 11.8. The Hall–Kier alpha value is -6.08. The fourth-order valence-corrected chi connectivity index (χ4v) is 8.74. The molecule has 286 valence electrons. The van der Waals surface area contributed by atoms with E-state index in [4.69, 9.17) is 4.74 Å². The molecule has 5 aromatic rings. The number of aryl methyl sites for hydroxylation is 1. The van der Waals surface area contributed by atoms with Crippen molar-refractivity contribution in [2.75, 3.05) is 36.9 Å². The molecule has 13 heteroatoms. The molecule has 4 aliphatic rings. The van der Waals surface area contributed by atoms with Gasteiger partial charge < -0.3 is 24.8 Å². The van der Waals surface area contributed by atoms with E-state index >= 15 is 0 Å². The number of ether oxygens (including phenoxy) is 1. The van der Waals surface area contributed by atoms with E-state index < -0.39 is 11.9 Å². The number of anilines is 2. The SMILES string of the molecule is Cc1cc(OC2CCN(c3ccc(C(=O)Nc4cc5[nH]c([C@H]6CCCN6C)cc5cn4)cn3)CC2)ccc1-c1cccc2c1CN(C1CCC(=O)NC1=O)C2=O. The van der Waals surface area contributed by atoms with E-state index in [1.165, 1.54) is 12.1 Å². The zero-order valence-electron chi connectivity index (χ0n) is 31.5. The highest BCUT2D eigenvalue weighted by Gasteiger charge is 2.40. The van der Waals surface area contributed by atoms with Gasteiger partial charge in [0.1, 0.15) is 29.5 Å². The topological polar surface area (TPSA) is 153 Å². The van der Waals surface area contributed by atoms with Crippen molar-refractivity contribution in [1.29, 1.82) is 0 Å². The molecule has 4 aliphatic heterocycles. The number of H-pyrrole nitrogens is 1. The normalized spacial score (nSPS) is 20.4. The lowest BCUT2D eigenvalue weighted by Gasteiger charge is -2.33. The Labute approximate surface area is 324 Å². The first-order valence-corrected chi connectivity index (χ1v) is 19.4. The van der Waals surface area contributed by atoms with Gasteiger partial charge in [-0.3, -0.25) is 29.4 Å². The lowest BCUT2D eigenvalue weighted by molar-refractivity contribution is -0.136. The first-order valence-electron chi connectivity index (χ1n) is 19.4. The molecular weight excluding hydrogens is 709 g/mol. The highest BCUT2D eigenvalue weighted by molar-refractivity contribution is 6.06. The number of aromatic amines is 1. The summed E-state index contributed by atoms with van der Waals surface area (Å²) in [5, 5.41) is 6.32. The number of rotatable bonds is 8. The van der Waals surface area contributed by atoms with Crippen LogP contribution in [0.2, 0.25) is 0 Å². The summed E-state index contributed by atoms with van der Waals surface area (Å²) in [6, 6.07) is 19.2. The summed E-state index contributed by atoms with van der Waals surface area (Å²) in [7, 11) is 2.15. The molecule has 3 N–H and O–H groups in total. The number of imide groups is 1. The molecule has 0 bridgehead atoms. The third-order valence-corrected chi connectivity index (χ3v) is 11.8. The van der Waals surface area contributed by atoms with Crippen LogP contribution in [-0.4, -0.2) is 87.2 Å². The number of aromatic nitrogens is 3. The molecule has 9 rings (SSSR count). The second-order valence-electron chi connectivity index (χ2n) is 15.4. The van der Waals surface area contributed by atoms with E-state index in [9.17, 15) is 19.2 Å². The smallest absolute Gasteiger partial charge is 0.258 e. The maximum atomic E-state index is 13.4. The maximum Gasteiger partial charge on any atom is 0.258 e. The largest absolute Gasteiger partial charge is 0.490 e. The minimum Gasteiger partial charge on any atom is -0.490 e. The van der Waals surface area contributed by atoms with Crippen LogP contribution in [0.15, 0.2) is 73.1 Å². The number of nitrogens with zero attached hydrogens (tertiary/aromatic N) is 5. The van der Waals surface area contributed by atoms with Crippen LogP contribution in [0.3, 0.4) is 0 Å². The van der Waals surface area contributed by atoms with E-state index in [-0.39, 0.29) is 30.2 Å². The number of likely N-dealkylation sites (tertiary alicyclic amines) is 1. The van der Waals surface area contributed by atoms with Gasteiger partial charge in [0.15, 0.2) is 0 Å². The molecule has 3 aromatic heterocycles. The van der Waals surface area contributed by atoms with Gasteiger partial charge in [-0.15, -0.1) is 0 Å². The molecule has 2 atom stereocenters. The van der Waals surface area contributed by atoms with Crippen LogP contribution in [0, 0.1) is 6.92 Å². The lowest BCUT2D eigenvalue weighted by Crippen LogP contribution is -2.52. The number of hydrogen-bond donors (Lipinski definition) is 3. The Morgan fingerprint density at radius 2 is 1.71 bits per heavy atom. The summed E-state index contributed by atoms with van der Waals surface area (Å²) in [5.41, 5.74) is 7.06. The van der Waals surface area contributed by atoms with Crippen LogP contribution >= 0.6 is 0 Å². The van der Waals surface area contributed by atoms with Gasteiger partial charge in [-0.05, 0) is 98.4 Å². The van der Waals surface area contributed by atoms with Gasteiger partial charge in [0.05, 0.1) is 11.1 Å². The summed E-state index contributed by atoms with van der Waals surface area (Å²) in [4.78, 5) is 69.6. The van der Waals surface area contributed by atoms with Gasteiger partial charge in [-0.1, -0.05) is 18.2 Å². The molecule has 13 nitrogen and oxygen atoms in total. The summed E-state index contributed by atoms with van der Waals surface area (Å²) >= 11 is 0. The number of carbonyl (C=O) groups is 4. The molecule has 3 saturated heterocycles. The number of hydrogen-bond acceptors (Lipinski definition) is 9. The van der Waals surface area contributed by atoms with E-state index in [0.717, 1.165) is 83.6 Å². The number of fused-ring (bicyclic) bond motifs is 2. The van der Waals surface area contributed by atoms with Gasteiger partial charge in [-0.25, -0.2) is 9.97 Å². The monoisotopic (exact) mass is 752 g/mol. The van der Waals surface area contributed by atoms with Crippen molar-refractivity contribution in [3.8, 4) is 16.9 Å². The van der Waals surface area contributed by atoms with Crippen LogP contribution in [0.25, 0.3) is 22.0 Å². The van der Waals surface area contributed by atoms with Crippen molar-refractivity contribution in [2.45, 2.75) is 70.2 Å². The Morgan fingerprint density at radius 3 is 2.46 bits per heavy atom. The van der Waals surface area contributed by atoms with Gasteiger partial charge in [0, 0.05) is 80.0 Å². The van der Waals surface area contributed by atoms with Gasteiger partial charge in [-0.2, -0.15) is 0 Å². The van der Waals surface area contributed by atoms with E-state index in [1.54, 1.807) is 29.4 Å². The lowest BCUT2D eigenvalue weighted by atomic mass is 9.94. The molecule has 56 heavy (non-hydrogen) atoms. The highest BCUT2D eigenvalue weighted by atomic mass is 16.5. The second kappa shape index (κ2) is 14.5. The Balaban J connectivity index is 0.793. The molecule has 2 aromatic carbocycles. The van der Waals surface area contributed by atoms with Crippen molar-refractivity contribution in [3.63, 3.8) is 0 Å². The quantitative estimate of drug-likeness (QED) is 0.168. The molecule has 0 radical (unpaired) electrons. The second-order valence-corrected chi connectivity index (χ2v) is 15.4. The van der Waals surface area contributed by atoms with E-state index in [0.29, 0.717) is 36.0 Å². The van der Waals surface area contributed by atoms with Crippen LogP contribution in [0.5, 0.6) is 5.75 Å². The molecule has 3 fully saturated rings. The fourth-order valence-electron chi connectivity index (χ4n) is 8.74. The molecule has 0 saturated carbocycles. The Morgan fingerprint density at radius 1 is 0.875 bits per heavy atom. The van der Waals surface area contributed by atoms with Gasteiger partial charge in [0.2, 0.25) is 11.8 Å². The molecular formula is C43H44N8O5. The molecule has 4 amide bonds. The molecule has 1 unspecified atom stereocenters. The average molecular weight is 753 g/mol. The number of piperidine rings is 2. The molecule has 0 aliphatic carbocycles. The third kappa shape index (κ3) is 6.76. The number of amides is 4. The summed E-state index contributed by atoms with van der Waals surface area (Å²) in [5.74, 6) is 0.946. The van der Waals surface area contributed by atoms with E-state index in [2.05, 4.69) is 48.5 Å². The first-order chi connectivity index (χ1) is 27.2. The predicted molar refractivity (Wildman–Crippen MR) is 211 cm³/mol. The predicted octanol–water partition coefficient (Wildman–Crippen LogP) is 5.76. The number of pyridine rings is 2. The van der Waals surface area contributed by atoms with Crippen LogP contribution in [0.1, 0.15) is 82.1 Å². The zero-order valence-corrected chi connectivity index (χ0v) is 31.5. The molecule has 7 heterocycles. The van der Waals surface area contributed by atoms with Crippen molar-refractivity contribution >= 4 is 46.2 Å².